The van der Waals surface area contributed by atoms with Gasteiger partial charge in [-0.25, -0.2) is 0 Å². The number of ether oxygens (including phenoxy) is 1. The molecule has 1 aliphatic rings. The number of carbonyl (C=O) groups is 1. The van der Waals surface area contributed by atoms with Crippen molar-refractivity contribution in [2.45, 2.75) is 52.6 Å². The Bertz CT molecular complexity index is 482. The summed E-state index contributed by atoms with van der Waals surface area (Å²) in [4.78, 5) is 12.6. The third-order valence-corrected chi connectivity index (χ3v) is 4.05. The van der Waals surface area contributed by atoms with Crippen LogP contribution in [0.5, 0.6) is 0 Å². The van der Waals surface area contributed by atoms with E-state index in [0.717, 1.165) is 43.8 Å². The van der Waals surface area contributed by atoms with Gasteiger partial charge < -0.3 is 10.1 Å². The first-order valence-corrected chi connectivity index (χ1v) is 7.98. The number of nitrogens with one attached hydrogen (secondary N) is 1. The Morgan fingerprint density at radius 2 is 2.33 bits per heavy atom. The number of anilines is 1. The minimum Gasteiger partial charge on any atom is -0.377 e. The summed E-state index contributed by atoms with van der Waals surface area (Å²) in [6.45, 7) is 7.11. The molecule has 1 saturated heterocycles. The predicted octanol–water partition coefficient (Wildman–Crippen LogP) is 2.76. The summed E-state index contributed by atoms with van der Waals surface area (Å²) in [5, 5.41) is 7.45. The number of nitrogens with zero attached hydrogens (tertiary/aromatic N) is 2. The van der Waals surface area contributed by atoms with Gasteiger partial charge in [-0.15, -0.1) is 0 Å². The highest BCUT2D eigenvalue weighted by Crippen LogP contribution is 2.27. The van der Waals surface area contributed by atoms with E-state index >= 15 is 0 Å². The lowest BCUT2D eigenvalue weighted by Crippen LogP contribution is -2.41. The third kappa shape index (κ3) is 3.84. The maximum atomic E-state index is 12.6. The largest absolute Gasteiger partial charge is 0.377 e. The van der Waals surface area contributed by atoms with Crippen molar-refractivity contribution in [3.05, 3.63) is 11.8 Å². The summed E-state index contributed by atoms with van der Waals surface area (Å²) in [6, 6.07) is 1.97. The van der Waals surface area contributed by atoms with Gasteiger partial charge in [0.1, 0.15) is 5.82 Å². The van der Waals surface area contributed by atoms with Gasteiger partial charge in [-0.05, 0) is 25.2 Å². The second-order valence-corrected chi connectivity index (χ2v) is 6.21. The molecule has 5 nitrogen and oxygen atoms in total. The molecule has 2 heterocycles. The second kappa shape index (κ2) is 7.07. The van der Waals surface area contributed by atoms with Crippen molar-refractivity contribution in [2.75, 3.05) is 11.9 Å². The highest BCUT2D eigenvalue weighted by atomic mass is 16.5. The number of hydrogen-bond acceptors (Lipinski definition) is 3. The van der Waals surface area contributed by atoms with Gasteiger partial charge >= 0.3 is 0 Å². The van der Waals surface area contributed by atoms with Crippen LogP contribution in [-0.4, -0.2) is 28.4 Å². The molecule has 1 N–H and O–H groups in total. The van der Waals surface area contributed by atoms with Crippen molar-refractivity contribution >= 4 is 11.7 Å². The summed E-state index contributed by atoms with van der Waals surface area (Å²) in [7, 11) is 1.87. The van der Waals surface area contributed by atoms with Crippen LogP contribution < -0.4 is 5.32 Å². The molecule has 5 heteroatoms. The molecule has 0 aliphatic carbocycles. The Balaban J connectivity index is 2.06. The Kier molecular flexibility index (Phi) is 5.39. The zero-order valence-corrected chi connectivity index (χ0v) is 13.6. The normalized spacial score (nSPS) is 22.5. The van der Waals surface area contributed by atoms with Crippen molar-refractivity contribution in [1.29, 1.82) is 0 Å². The van der Waals surface area contributed by atoms with Crippen LogP contribution in [0.15, 0.2) is 6.07 Å². The van der Waals surface area contributed by atoms with Crippen molar-refractivity contribution < 1.29 is 9.53 Å². The van der Waals surface area contributed by atoms with E-state index in [0.29, 0.717) is 5.92 Å². The lowest BCUT2D eigenvalue weighted by molar-refractivity contribution is -0.131. The van der Waals surface area contributed by atoms with Crippen LogP contribution in [0, 0.1) is 11.8 Å². The van der Waals surface area contributed by atoms with Crippen LogP contribution in [0.2, 0.25) is 0 Å². The number of rotatable bonds is 5. The van der Waals surface area contributed by atoms with E-state index in [2.05, 4.69) is 31.2 Å². The van der Waals surface area contributed by atoms with Crippen molar-refractivity contribution in [1.82, 2.24) is 9.78 Å². The van der Waals surface area contributed by atoms with Gasteiger partial charge in [-0.1, -0.05) is 27.2 Å². The highest BCUT2D eigenvalue weighted by Gasteiger charge is 2.34. The number of carbonyl (C=O) groups excluding carboxylic acids is 1. The summed E-state index contributed by atoms with van der Waals surface area (Å²) in [5.41, 5.74) is 1.02. The van der Waals surface area contributed by atoms with Crippen LogP contribution in [0.25, 0.3) is 0 Å². The summed E-state index contributed by atoms with van der Waals surface area (Å²) in [6.07, 6.45) is 3.85. The average Bonchev–Trinajstić information content (AvgIpc) is 2.79. The van der Waals surface area contributed by atoms with Gasteiger partial charge in [0, 0.05) is 19.7 Å². The van der Waals surface area contributed by atoms with Crippen LogP contribution in [0.4, 0.5) is 5.82 Å². The molecule has 1 aromatic heterocycles. The monoisotopic (exact) mass is 293 g/mol. The Morgan fingerprint density at radius 1 is 1.57 bits per heavy atom. The Morgan fingerprint density at radius 3 is 3.00 bits per heavy atom. The van der Waals surface area contributed by atoms with E-state index in [4.69, 9.17) is 4.74 Å². The standard InChI is InChI=1S/C16H27N3O2/c1-5-7-12-10-14(19(4)18-12)17-16(20)13-8-6-9-21-15(13)11(2)3/h10-11,13,15H,5-9H2,1-4H3,(H,17,20). The predicted molar refractivity (Wildman–Crippen MR) is 83.1 cm³/mol. The molecule has 0 radical (unpaired) electrons. The number of amides is 1. The Labute approximate surface area is 127 Å². The number of aryl methyl sites for hydroxylation is 2. The molecule has 0 bridgehead atoms. The average molecular weight is 293 g/mol. The SMILES string of the molecule is CCCc1cc(NC(=O)C2CCCOC2C(C)C)n(C)n1. The van der Waals surface area contributed by atoms with Crippen molar-refractivity contribution in [2.24, 2.45) is 18.9 Å². The van der Waals surface area contributed by atoms with Gasteiger partial charge in [0.05, 0.1) is 17.7 Å². The summed E-state index contributed by atoms with van der Waals surface area (Å²) < 4.78 is 7.55. The number of hydrogen-bond donors (Lipinski definition) is 1. The van der Waals surface area contributed by atoms with Crippen LogP contribution in [-0.2, 0) is 23.0 Å². The maximum Gasteiger partial charge on any atom is 0.231 e. The number of aromatic nitrogens is 2. The first kappa shape index (κ1) is 16.0. The molecule has 2 rings (SSSR count). The highest BCUT2D eigenvalue weighted by molar-refractivity contribution is 5.92. The van der Waals surface area contributed by atoms with Crippen LogP contribution in [0.1, 0.15) is 45.7 Å². The molecule has 1 aromatic rings. The van der Waals surface area contributed by atoms with Gasteiger partial charge in [-0.2, -0.15) is 5.10 Å². The second-order valence-electron chi connectivity index (χ2n) is 6.21. The molecular weight excluding hydrogens is 266 g/mol. The molecule has 0 aromatic carbocycles. The van der Waals surface area contributed by atoms with Crippen molar-refractivity contribution in [3.8, 4) is 0 Å². The van der Waals surface area contributed by atoms with E-state index in [1.54, 1.807) is 4.68 Å². The topological polar surface area (TPSA) is 56.1 Å². The molecule has 21 heavy (non-hydrogen) atoms. The molecule has 0 spiro atoms. The van der Waals surface area contributed by atoms with Gasteiger partial charge in [0.15, 0.2) is 0 Å². The molecular formula is C16H27N3O2. The van der Waals surface area contributed by atoms with Crippen LogP contribution in [0.3, 0.4) is 0 Å². The molecule has 2 atom stereocenters. The lowest BCUT2D eigenvalue weighted by Gasteiger charge is -2.33. The first-order valence-electron chi connectivity index (χ1n) is 7.98. The van der Waals surface area contributed by atoms with E-state index in [9.17, 15) is 4.79 Å². The first-order chi connectivity index (χ1) is 10.0. The Hall–Kier alpha value is -1.36. The third-order valence-electron chi connectivity index (χ3n) is 4.05. The zero-order valence-electron chi connectivity index (χ0n) is 13.6. The molecule has 0 saturated carbocycles. The smallest absolute Gasteiger partial charge is 0.231 e. The summed E-state index contributed by atoms with van der Waals surface area (Å²) in [5.74, 6) is 1.11. The van der Waals surface area contributed by atoms with Gasteiger partial charge in [0.25, 0.3) is 0 Å². The van der Waals surface area contributed by atoms with E-state index in [1.165, 1.54) is 0 Å². The van der Waals surface area contributed by atoms with Crippen LogP contribution >= 0.6 is 0 Å². The maximum absolute atomic E-state index is 12.6. The van der Waals surface area contributed by atoms with Gasteiger partial charge in [0.2, 0.25) is 5.91 Å². The zero-order chi connectivity index (χ0) is 15.4. The van der Waals surface area contributed by atoms with E-state index in [1.807, 2.05) is 13.1 Å². The molecule has 2 unspecified atom stereocenters. The molecule has 1 amide bonds. The summed E-state index contributed by atoms with van der Waals surface area (Å²) >= 11 is 0. The minimum atomic E-state index is -0.0664. The van der Waals surface area contributed by atoms with E-state index < -0.39 is 0 Å². The molecule has 1 fully saturated rings. The molecule has 1 aliphatic heterocycles. The lowest BCUT2D eigenvalue weighted by atomic mass is 9.87. The fourth-order valence-electron chi connectivity index (χ4n) is 2.98. The molecule has 118 valence electrons. The fraction of sp³-hybridized carbons (Fsp3) is 0.750. The quantitative estimate of drug-likeness (QED) is 0.908. The minimum absolute atomic E-state index is 0.0158. The fourth-order valence-corrected chi connectivity index (χ4v) is 2.98. The van der Waals surface area contributed by atoms with E-state index in [-0.39, 0.29) is 17.9 Å². The van der Waals surface area contributed by atoms with Crippen molar-refractivity contribution in [3.63, 3.8) is 0 Å². The van der Waals surface area contributed by atoms with Gasteiger partial charge in [-0.3, -0.25) is 9.48 Å².